The van der Waals surface area contributed by atoms with Crippen LogP contribution in [0.4, 0.5) is 0 Å². The predicted molar refractivity (Wildman–Crippen MR) is 78.2 cm³/mol. The maximum atomic E-state index is 8.73. The summed E-state index contributed by atoms with van der Waals surface area (Å²) in [6.45, 7) is 4.24. The van der Waals surface area contributed by atoms with E-state index in [0.717, 1.165) is 5.57 Å². The summed E-state index contributed by atoms with van der Waals surface area (Å²) in [5.41, 5.74) is 1.12. The molecule has 1 saturated carbocycles. The molecule has 0 saturated heterocycles. The quantitative estimate of drug-likeness (QED) is 0.462. The standard InChI is InChI=1S/C17H27N/c1-16(15-18)11-10-14-17(2)12-8-6-4-3-5-7-9-13-17/h10-11,14H,3-9,12-13H2,1-2H3/b14-10-,16-11+. The highest BCUT2D eigenvalue weighted by Gasteiger charge is 2.20. The third-order valence-corrected chi connectivity index (χ3v) is 4.02. The highest BCUT2D eigenvalue weighted by molar-refractivity contribution is 5.23. The fourth-order valence-electron chi connectivity index (χ4n) is 2.70. The van der Waals surface area contributed by atoms with Gasteiger partial charge in [-0.15, -0.1) is 0 Å². The van der Waals surface area contributed by atoms with E-state index in [-0.39, 0.29) is 0 Å². The molecule has 0 spiro atoms. The second kappa shape index (κ2) is 8.14. The Kier molecular flexibility index (Phi) is 6.80. The van der Waals surface area contributed by atoms with Crippen LogP contribution >= 0.6 is 0 Å². The molecule has 0 amide bonds. The summed E-state index contributed by atoms with van der Waals surface area (Å²) in [5.74, 6) is 0. The Hall–Kier alpha value is -1.03. The molecule has 18 heavy (non-hydrogen) atoms. The van der Waals surface area contributed by atoms with Crippen molar-refractivity contribution in [1.82, 2.24) is 0 Å². The molecule has 1 aliphatic rings. The Morgan fingerprint density at radius 3 is 2.00 bits per heavy atom. The van der Waals surface area contributed by atoms with E-state index in [1.165, 1.54) is 57.8 Å². The first-order valence-electron chi connectivity index (χ1n) is 7.42. The minimum absolute atomic E-state index is 0.337. The molecule has 1 nitrogen and oxygen atoms in total. The van der Waals surface area contributed by atoms with Crippen molar-refractivity contribution < 1.29 is 0 Å². The first-order chi connectivity index (χ1) is 8.66. The number of nitriles is 1. The van der Waals surface area contributed by atoms with Gasteiger partial charge in [-0.1, -0.05) is 64.0 Å². The van der Waals surface area contributed by atoms with Crippen LogP contribution in [0.15, 0.2) is 23.8 Å². The van der Waals surface area contributed by atoms with E-state index < -0.39 is 0 Å². The van der Waals surface area contributed by atoms with E-state index in [4.69, 9.17) is 5.26 Å². The van der Waals surface area contributed by atoms with Gasteiger partial charge < -0.3 is 0 Å². The average molecular weight is 245 g/mol. The second-order valence-corrected chi connectivity index (χ2v) is 5.95. The summed E-state index contributed by atoms with van der Waals surface area (Å²) in [6, 6.07) is 2.17. The van der Waals surface area contributed by atoms with Gasteiger partial charge in [0.05, 0.1) is 6.07 Å². The van der Waals surface area contributed by atoms with Crippen LogP contribution in [-0.4, -0.2) is 0 Å². The van der Waals surface area contributed by atoms with Crippen LogP contribution in [0.25, 0.3) is 0 Å². The van der Waals surface area contributed by atoms with Crippen molar-refractivity contribution in [3.63, 3.8) is 0 Å². The zero-order valence-corrected chi connectivity index (χ0v) is 12.0. The van der Waals surface area contributed by atoms with Gasteiger partial charge in [-0.25, -0.2) is 0 Å². The van der Waals surface area contributed by atoms with Crippen LogP contribution in [0.3, 0.4) is 0 Å². The number of hydrogen-bond acceptors (Lipinski definition) is 1. The van der Waals surface area contributed by atoms with Crippen molar-refractivity contribution in [3.8, 4) is 6.07 Å². The van der Waals surface area contributed by atoms with E-state index in [0.29, 0.717) is 5.41 Å². The van der Waals surface area contributed by atoms with E-state index >= 15 is 0 Å². The summed E-state index contributed by atoms with van der Waals surface area (Å²) in [5, 5.41) is 8.73. The van der Waals surface area contributed by atoms with E-state index in [1.807, 2.05) is 13.0 Å². The molecule has 0 unspecified atom stereocenters. The molecular formula is C17H27N. The lowest BCUT2D eigenvalue weighted by molar-refractivity contribution is 0.318. The lowest BCUT2D eigenvalue weighted by Crippen LogP contribution is -2.13. The molecule has 0 aliphatic heterocycles. The predicted octanol–water partition coefficient (Wildman–Crippen LogP) is 5.54. The highest BCUT2D eigenvalue weighted by atomic mass is 14.3. The number of allylic oxidation sites excluding steroid dienone is 4. The molecule has 100 valence electrons. The fourth-order valence-corrected chi connectivity index (χ4v) is 2.70. The van der Waals surface area contributed by atoms with Crippen molar-refractivity contribution in [2.75, 3.05) is 0 Å². The molecule has 0 bridgehead atoms. The molecule has 1 aliphatic carbocycles. The highest BCUT2D eigenvalue weighted by Crippen LogP contribution is 2.34. The molecule has 1 rings (SSSR count). The molecule has 0 aromatic carbocycles. The third kappa shape index (κ3) is 6.05. The van der Waals surface area contributed by atoms with Gasteiger partial charge >= 0.3 is 0 Å². The van der Waals surface area contributed by atoms with Crippen LogP contribution in [0.2, 0.25) is 0 Å². The van der Waals surface area contributed by atoms with Crippen molar-refractivity contribution in [2.45, 2.75) is 71.6 Å². The van der Waals surface area contributed by atoms with Crippen molar-refractivity contribution in [1.29, 1.82) is 5.26 Å². The van der Waals surface area contributed by atoms with Crippen LogP contribution < -0.4 is 0 Å². The number of nitrogens with zero attached hydrogens (tertiary/aromatic N) is 1. The summed E-state index contributed by atoms with van der Waals surface area (Å²) in [4.78, 5) is 0. The average Bonchev–Trinajstić information content (AvgIpc) is 2.37. The van der Waals surface area contributed by atoms with E-state index in [9.17, 15) is 0 Å². The van der Waals surface area contributed by atoms with Crippen molar-refractivity contribution >= 4 is 0 Å². The molecule has 0 aromatic rings. The molecule has 0 N–H and O–H groups in total. The molecule has 0 atom stereocenters. The zero-order chi connectivity index (χ0) is 13.3. The maximum absolute atomic E-state index is 8.73. The van der Waals surface area contributed by atoms with E-state index in [1.54, 1.807) is 0 Å². The molecule has 0 radical (unpaired) electrons. The molecule has 1 fully saturated rings. The zero-order valence-electron chi connectivity index (χ0n) is 12.0. The van der Waals surface area contributed by atoms with Gasteiger partial charge in [0.15, 0.2) is 0 Å². The minimum Gasteiger partial charge on any atom is -0.193 e. The van der Waals surface area contributed by atoms with Crippen molar-refractivity contribution in [3.05, 3.63) is 23.8 Å². The third-order valence-electron chi connectivity index (χ3n) is 4.02. The van der Waals surface area contributed by atoms with Gasteiger partial charge in [-0.3, -0.25) is 0 Å². The van der Waals surface area contributed by atoms with Crippen LogP contribution in [0, 0.1) is 16.7 Å². The molecule has 0 heterocycles. The largest absolute Gasteiger partial charge is 0.193 e. The molecular weight excluding hydrogens is 218 g/mol. The summed E-state index contributed by atoms with van der Waals surface area (Å²) in [7, 11) is 0. The summed E-state index contributed by atoms with van der Waals surface area (Å²) < 4.78 is 0. The maximum Gasteiger partial charge on any atom is 0.0944 e. The Bertz CT molecular complexity index is 320. The fraction of sp³-hybridized carbons (Fsp3) is 0.706. The molecule has 1 heteroatoms. The first kappa shape index (κ1) is 15.0. The minimum atomic E-state index is 0.337. The lowest BCUT2D eigenvalue weighted by Gasteiger charge is -2.27. The Labute approximate surface area is 113 Å². The van der Waals surface area contributed by atoms with E-state index in [2.05, 4.69) is 25.1 Å². The normalized spacial score (nSPS) is 22.6. The Morgan fingerprint density at radius 1 is 1.00 bits per heavy atom. The lowest BCUT2D eigenvalue weighted by atomic mass is 9.78. The molecule has 0 aromatic heterocycles. The van der Waals surface area contributed by atoms with Crippen LogP contribution in [-0.2, 0) is 0 Å². The van der Waals surface area contributed by atoms with Crippen LogP contribution in [0.5, 0.6) is 0 Å². The van der Waals surface area contributed by atoms with Gasteiger partial charge in [0.25, 0.3) is 0 Å². The number of hydrogen-bond donors (Lipinski definition) is 0. The number of rotatable bonds is 2. The van der Waals surface area contributed by atoms with Gasteiger partial charge in [0, 0.05) is 5.57 Å². The Balaban J connectivity index is 2.58. The smallest absolute Gasteiger partial charge is 0.0944 e. The second-order valence-electron chi connectivity index (χ2n) is 5.95. The van der Waals surface area contributed by atoms with Gasteiger partial charge in [-0.2, -0.15) is 5.26 Å². The summed E-state index contributed by atoms with van der Waals surface area (Å²) in [6.07, 6.45) is 18.7. The van der Waals surface area contributed by atoms with Crippen molar-refractivity contribution in [2.24, 2.45) is 5.41 Å². The monoisotopic (exact) mass is 245 g/mol. The van der Waals surface area contributed by atoms with Gasteiger partial charge in [-0.05, 0) is 31.3 Å². The topological polar surface area (TPSA) is 23.8 Å². The summed E-state index contributed by atoms with van der Waals surface area (Å²) >= 11 is 0. The SMILES string of the molecule is C/C(C#N)=C\C=C/C1(C)CCCCCCCCC1. The Morgan fingerprint density at radius 2 is 1.50 bits per heavy atom. The van der Waals surface area contributed by atoms with Gasteiger partial charge in [0.2, 0.25) is 0 Å². The first-order valence-corrected chi connectivity index (χ1v) is 7.42. The van der Waals surface area contributed by atoms with Gasteiger partial charge in [0.1, 0.15) is 0 Å². The van der Waals surface area contributed by atoms with Crippen LogP contribution in [0.1, 0.15) is 71.6 Å².